The van der Waals surface area contributed by atoms with E-state index in [1.54, 1.807) is 17.5 Å². The Kier molecular flexibility index (Phi) is 16.9. The summed E-state index contributed by atoms with van der Waals surface area (Å²) >= 11 is 1.57. The quantitative estimate of drug-likeness (QED) is 0.0726. The fourth-order valence-corrected chi connectivity index (χ4v) is 8.33. The van der Waals surface area contributed by atoms with Crippen LogP contribution in [-0.2, 0) is 41.7 Å². The summed E-state index contributed by atoms with van der Waals surface area (Å²) in [6, 6.07) is 15.9. The number of carbonyl (C=O) groups excluding carboxylic acids is 3. The van der Waals surface area contributed by atoms with Gasteiger partial charge in [0.2, 0.25) is 17.7 Å². The molecule has 66 heavy (non-hydrogen) atoms. The molecule has 5 heterocycles. The van der Waals surface area contributed by atoms with Crippen LogP contribution >= 0.6 is 11.3 Å². The number of rotatable bonds is 22. The number of β-amino-alcohol motifs (C(OH)–C–C–N with tert-alkyl or cyclic N) is 1. The fraction of sp³-hybridized carbons (Fsp3) is 0.489. The van der Waals surface area contributed by atoms with Crippen molar-refractivity contribution in [1.29, 1.82) is 0 Å². The van der Waals surface area contributed by atoms with E-state index >= 15 is 0 Å². The number of pyridine rings is 1. The van der Waals surface area contributed by atoms with Gasteiger partial charge in [-0.05, 0) is 47.7 Å². The first kappa shape index (κ1) is 48.2. The molecule has 0 radical (unpaired) electrons. The van der Waals surface area contributed by atoms with Crippen molar-refractivity contribution in [3.05, 3.63) is 83.3 Å². The van der Waals surface area contributed by atoms with E-state index in [0.29, 0.717) is 43.9 Å². The van der Waals surface area contributed by atoms with Crippen LogP contribution in [0.5, 0.6) is 11.5 Å². The number of piperazine rings is 1. The summed E-state index contributed by atoms with van der Waals surface area (Å²) < 4.78 is 34.4. The molecule has 2 aromatic carbocycles. The predicted octanol–water partition coefficient (Wildman–Crippen LogP) is 3.88. The second-order valence-electron chi connectivity index (χ2n) is 17.2. The third-order valence-corrected chi connectivity index (χ3v) is 12.1. The van der Waals surface area contributed by atoms with Gasteiger partial charge in [-0.2, -0.15) is 4.98 Å². The van der Waals surface area contributed by atoms with E-state index in [4.69, 9.17) is 28.1 Å². The second-order valence-corrected chi connectivity index (χ2v) is 18.1. The van der Waals surface area contributed by atoms with Gasteiger partial charge in [-0.15, -0.1) is 11.3 Å². The van der Waals surface area contributed by atoms with Crippen LogP contribution < -0.4 is 30.3 Å². The van der Waals surface area contributed by atoms with Crippen molar-refractivity contribution in [3.8, 4) is 21.9 Å². The van der Waals surface area contributed by atoms with Crippen molar-refractivity contribution >= 4 is 46.2 Å². The Balaban J connectivity index is 0.735. The molecule has 2 saturated heterocycles. The number of aromatic nitrogens is 3. The number of benzene rings is 2. The Hall–Kier alpha value is -5.70. The zero-order valence-electron chi connectivity index (χ0n) is 38.0. The molecule has 0 aliphatic carbocycles. The highest BCUT2D eigenvalue weighted by atomic mass is 32.1. The number of likely N-dealkylation sites (tertiary alicyclic amines) is 1. The molecule has 354 valence electrons. The number of nitrogens with zero attached hydrogens (tertiary/aromatic N) is 5. The average Bonchev–Trinajstić information content (AvgIpc) is 4.06. The smallest absolute Gasteiger partial charge is 0.298 e. The van der Waals surface area contributed by atoms with Gasteiger partial charge in [0.15, 0.2) is 5.58 Å². The van der Waals surface area contributed by atoms with E-state index in [9.17, 15) is 19.5 Å². The zero-order chi connectivity index (χ0) is 46.5. The molecule has 2 aliphatic heterocycles. The number of thiazole rings is 1. The number of amides is 3. The molecule has 7 rings (SSSR count). The molecule has 2 fully saturated rings. The van der Waals surface area contributed by atoms with Gasteiger partial charge in [0.25, 0.3) is 6.01 Å². The van der Waals surface area contributed by atoms with Crippen LogP contribution in [0, 0.1) is 12.3 Å². The van der Waals surface area contributed by atoms with Crippen LogP contribution in [0.2, 0.25) is 0 Å². The Morgan fingerprint density at radius 2 is 1.65 bits per heavy atom. The van der Waals surface area contributed by atoms with Gasteiger partial charge in [-0.3, -0.25) is 19.4 Å². The van der Waals surface area contributed by atoms with Crippen molar-refractivity contribution in [1.82, 2.24) is 35.8 Å². The lowest BCUT2D eigenvalue weighted by Crippen LogP contribution is -2.58. The van der Waals surface area contributed by atoms with Gasteiger partial charge in [0, 0.05) is 51.8 Å². The van der Waals surface area contributed by atoms with Gasteiger partial charge in [0.1, 0.15) is 48.9 Å². The van der Waals surface area contributed by atoms with Crippen LogP contribution in [0.1, 0.15) is 44.1 Å². The Labute approximate surface area is 388 Å². The highest BCUT2D eigenvalue weighted by Crippen LogP contribution is 2.29. The van der Waals surface area contributed by atoms with Crippen molar-refractivity contribution in [2.75, 3.05) is 83.9 Å². The number of oxazole rings is 1. The summed E-state index contributed by atoms with van der Waals surface area (Å²) in [7, 11) is 0. The molecule has 0 bridgehead atoms. The lowest BCUT2D eigenvalue weighted by atomic mass is 9.85. The molecule has 3 atom stereocenters. The summed E-state index contributed by atoms with van der Waals surface area (Å²) in [6.45, 7) is 13.0. The van der Waals surface area contributed by atoms with Gasteiger partial charge < -0.3 is 59.0 Å². The number of nitrogens with one attached hydrogen (secondary N) is 3. The van der Waals surface area contributed by atoms with Crippen LogP contribution in [0.4, 0.5) is 6.01 Å². The molecular weight excluding hydrogens is 869 g/mol. The highest BCUT2D eigenvalue weighted by molar-refractivity contribution is 7.13. The maximum Gasteiger partial charge on any atom is 0.298 e. The topological polar surface area (TPSA) is 212 Å². The van der Waals surface area contributed by atoms with Gasteiger partial charge >= 0.3 is 0 Å². The number of ether oxygens (including phenoxy) is 5. The summed E-state index contributed by atoms with van der Waals surface area (Å²) in [5.41, 5.74) is 6.24. The number of hydrogen-bond donors (Lipinski definition) is 4. The first-order chi connectivity index (χ1) is 31.9. The third-order valence-electron chi connectivity index (χ3n) is 11.1. The van der Waals surface area contributed by atoms with Crippen LogP contribution in [0.3, 0.4) is 0 Å². The third kappa shape index (κ3) is 13.4. The molecule has 2 aliphatic rings. The zero-order valence-corrected chi connectivity index (χ0v) is 38.8. The minimum absolute atomic E-state index is 0.0151. The number of aliphatic hydroxyl groups is 1. The molecule has 1 unspecified atom stereocenters. The normalized spacial score (nSPS) is 16.9. The molecule has 18 nitrogen and oxygen atoms in total. The molecule has 0 saturated carbocycles. The average molecular weight is 929 g/mol. The first-order valence-corrected chi connectivity index (χ1v) is 23.1. The van der Waals surface area contributed by atoms with Gasteiger partial charge in [0.05, 0.1) is 67.1 Å². The molecular formula is C47H60N8O10S. The minimum Gasteiger partial charge on any atom is -0.490 e. The van der Waals surface area contributed by atoms with E-state index < -0.39 is 35.4 Å². The maximum absolute atomic E-state index is 13.9. The standard InChI is InChI=1S/C47H60N8O10S/c1-31-42(66-30-51-31)33-7-5-32(6-8-33)25-50-44(58)39-23-35(56)27-55(39)45(59)43(47(2,3)4)53-41(57)29-62-20-19-60-17-18-61-21-22-63-37-10-9-34(49-26-37)28-64-36-11-12-40-38(24-36)52-46(65-40)54-15-13-48-14-16-54/h5-12,24,26,30,35,39,43,48,56H,13-23,25,27-29H2,1-4H3,(H,50,58)(H,53,57)/t35-,39+,43?/m1/s1. The molecule has 4 N–H and O–H groups in total. The molecule has 3 aromatic heterocycles. The number of fused-ring (bicyclic) bond motifs is 1. The number of aryl methyl sites for hydroxylation is 1. The maximum atomic E-state index is 13.9. The van der Waals surface area contributed by atoms with E-state index in [2.05, 4.69) is 35.8 Å². The number of carbonyl (C=O) groups is 3. The first-order valence-electron chi connectivity index (χ1n) is 22.3. The number of anilines is 1. The summed E-state index contributed by atoms with van der Waals surface area (Å²) in [5, 5.41) is 19.6. The summed E-state index contributed by atoms with van der Waals surface area (Å²) in [6.07, 6.45) is 0.875. The van der Waals surface area contributed by atoms with E-state index in [-0.39, 0.29) is 51.8 Å². The predicted molar refractivity (Wildman–Crippen MR) is 247 cm³/mol. The fourth-order valence-electron chi connectivity index (χ4n) is 7.52. The van der Waals surface area contributed by atoms with Crippen LogP contribution in [0.15, 0.2) is 70.7 Å². The second kappa shape index (κ2) is 23.2. The van der Waals surface area contributed by atoms with Crippen LogP contribution in [-0.4, -0.2) is 140 Å². The minimum atomic E-state index is -0.963. The lowest BCUT2D eigenvalue weighted by molar-refractivity contribution is -0.144. The van der Waals surface area contributed by atoms with Crippen molar-refractivity contribution in [2.24, 2.45) is 5.41 Å². The largest absolute Gasteiger partial charge is 0.490 e. The number of hydrogen-bond acceptors (Lipinski definition) is 16. The van der Waals surface area contributed by atoms with Crippen molar-refractivity contribution in [3.63, 3.8) is 0 Å². The molecule has 19 heteroatoms. The monoisotopic (exact) mass is 928 g/mol. The lowest BCUT2D eigenvalue weighted by Gasteiger charge is -2.35. The van der Waals surface area contributed by atoms with E-state index in [1.807, 2.05) is 87.8 Å². The Morgan fingerprint density at radius 1 is 0.924 bits per heavy atom. The van der Waals surface area contributed by atoms with E-state index in [0.717, 1.165) is 64.7 Å². The summed E-state index contributed by atoms with van der Waals surface area (Å²) in [4.78, 5) is 58.3. The highest BCUT2D eigenvalue weighted by Gasteiger charge is 2.44. The Bertz CT molecular complexity index is 2350. The molecule has 5 aromatic rings. The molecule has 0 spiro atoms. The van der Waals surface area contributed by atoms with Gasteiger partial charge in [-0.25, -0.2) is 4.98 Å². The van der Waals surface area contributed by atoms with E-state index in [1.165, 1.54) is 4.90 Å². The van der Waals surface area contributed by atoms with Crippen LogP contribution in [0.25, 0.3) is 21.5 Å². The van der Waals surface area contributed by atoms with Crippen molar-refractivity contribution in [2.45, 2.75) is 65.5 Å². The molecule has 3 amide bonds. The van der Waals surface area contributed by atoms with Crippen molar-refractivity contribution < 1.29 is 47.6 Å². The number of aliphatic hydroxyl groups excluding tert-OH is 1. The van der Waals surface area contributed by atoms with Gasteiger partial charge in [-0.1, -0.05) is 45.0 Å². The Morgan fingerprint density at radius 3 is 2.35 bits per heavy atom. The summed E-state index contributed by atoms with van der Waals surface area (Å²) in [5.74, 6) is -0.00721. The SMILES string of the molecule is Cc1ncsc1-c1ccc(CNC(=O)[C@@H]2C[C@@H](O)CN2C(=O)C(NC(=O)COCCOCCOCCOc2ccc(COc3ccc4oc(N5CCNCC5)nc4c3)nc2)C(C)(C)C)cc1.